The second-order valence-electron chi connectivity index (χ2n) is 3.78. The molecule has 2 rings (SSSR count). The molecule has 0 saturated carbocycles. The molecule has 0 aliphatic rings. The molecule has 0 aliphatic carbocycles. The van der Waals surface area contributed by atoms with E-state index in [9.17, 15) is 13.2 Å². The summed E-state index contributed by atoms with van der Waals surface area (Å²) in [5.41, 5.74) is 6.70. The fourth-order valence-electron chi connectivity index (χ4n) is 1.61. The number of halogens is 3. The summed E-state index contributed by atoms with van der Waals surface area (Å²) in [4.78, 5) is 0. The number of benzene rings is 1. The smallest absolute Gasteiger partial charge is 0.325 e. The standard InChI is InChI=1S/C11H11F3N4/c1-7-10(6-15)18(17-16-7)9-4-2-8(3-5-9)11(12,13)14/h2-5H,6,15H2,1H3. The van der Waals surface area contributed by atoms with Gasteiger partial charge in [0.25, 0.3) is 0 Å². The maximum absolute atomic E-state index is 12.4. The Morgan fingerprint density at radius 1 is 1.22 bits per heavy atom. The summed E-state index contributed by atoms with van der Waals surface area (Å²) in [6, 6.07) is 4.70. The maximum Gasteiger partial charge on any atom is 0.416 e. The Balaban J connectivity index is 2.40. The molecule has 7 heteroatoms. The summed E-state index contributed by atoms with van der Waals surface area (Å²) < 4.78 is 38.7. The third kappa shape index (κ3) is 2.21. The highest BCUT2D eigenvalue weighted by Gasteiger charge is 2.30. The van der Waals surface area contributed by atoms with Gasteiger partial charge in [0.2, 0.25) is 0 Å². The summed E-state index contributed by atoms with van der Waals surface area (Å²) in [6.45, 7) is 1.97. The minimum absolute atomic E-state index is 0.222. The molecule has 0 spiro atoms. The van der Waals surface area contributed by atoms with Crippen molar-refractivity contribution in [2.24, 2.45) is 5.73 Å². The van der Waals surface area contributed by atoms with Crippen LogP contribution in [0.3, 0.4) is 0 Å². The normalized spacial score (nSPS) is 11.8. The van der Waals surface area contributed by atoms with Crippen molar-refractivity contribution in [1.29, 1.82) is 0 Å². The minimum atomic E-state index is -4.34. The van der Waals surface area contributed by atoms with Crippen LogP contribution < -0.4 is 5.73 Å². The zero-order chi connectivity index (χ0) is 13.3. The first-order chi connectivity index (χ1) is 8.43. The third-order valence-corrected chi connectivity index (χ3v) is 2.59. The monoisotopic (exact) mass is 256 g/mol. The van der Waals surface area contributed by atoms with Gasteiger partial charge in [0, 0.05) is 6.54 Å². The van der Waals surface area contributed by atoms with Crippen LogP contribution in [0.15, 0.2) is 24.3 Å². The number of nitrogens with two attached hydrogens (primary N) is 1. The highest BCUT2D eigenvalue weighted by atomic mass is 19.4. The second-order valence-corrected chi connectivity index (χ2v) is 3.78. The molecule has 0 unspecified atom stereocenters. The Bertz CT molecular complexity index is 542. The minimum Gasteiger partial charge on any atom is -0.325 e. The van der Waals surface area contributed by atoms with Gasteiger partial charge in [-0.2, -0.15) is 13.2 Å². The zero-order valence-corrected chi connectivity index (χ0v) is 9.57. The van der Waals surface area contributed by atoms with Crippen molar-refractivity contribution < 1.29 is 13.2 Å². The van der Waals surface area contributed by atoms with Crippen molar-refractivity contribution in [3.63, 3.8) is 0 Å². The molecule has 0 amide bonds. The molecule has 96 valence electrons. The number of aryl methyl sites for hydroxylation is 1. The number of hydrogen-bond acceptors (Lipinski definition) is 3. The van der Waals surface area contributed by atoms with Gasteiger partial charge in [0.1, 0.15) is 0 Å². The van der Waals surface area contributed by atoms with Gasteiger partial charge in [-0.15, -0.1) is 5.10 Å². The Morgan fingerprint density at radius 2 is 1.83 bits per heavy atom. The van der Waals surface area contributed by atoms with Gasteiger partial charge in [-0.3, -0.25) is 0 Å². The molecule has 0 bridgehead atoms. The zero-order valence-electron chi connectivity index (χ0n) is 9.57. The topological polar surface area (TPSA) is 56.7 Å². The highest BCUT2D eigenvalue weighted by molar-refractivity contribution is 5.36. The van der Waals surface area contributed by atoms with E-state index in [1.807, 2.05) is 0 Å². The molecule has 1 heterocycles. The van der Waals surface area contributed by atoms with E-state index < -0.39 is 11.7 Å². The number of nitrogens with zero attached hydrogens (tertiary/aromatic N) is 3. The molecule has 1 aromatic heterocycles. The Morgan fingerprint density at radius 3 is 2.33 bits per heavy atom. The van der Waals surface area contributed by atoms with Gasteiger partial charge in [-0.25, -0.2) is 4.68 Å². The van der Waals surface area contributed by atoms with Crippen molar-refractivity contribution in [3.05, 3.63) is 41.2 Å². The van der Waals surface area contributed by atoms with Crippen LogP contribution >= 0.6 is 0 Å². The largest absolute Gasteiger partial charge is 0.416 e. The molecule has 1 aromatic carbocycles. The summed E-state index contributed by atoms with van der Waals surface area (Å²) >= 11 is 0. The lowest BCUT2D eigenvalue weighted by atomic mass is 10.2. The molecule has 2 aromatic rings. The first-order valence-corrected chi connectivity index (χ1v) is 5.22. The average molecular weight is 256 g/mol. The molecular weight excluding hydrogens is 245 g/mol. The number of hydrogen-bond donors (Lipinski definition) is 1. The van der Waals surface area contributed by atoms with E-state index >= 15 is 0 Å². The molecule has 0 aliphatic heterocycles. The van der Waals surface area contributed by atoms with Gasteiger partial charge in [0.05, 0.1) is 22.6 Å². The van der Waals surface area contributed by atoms with Gasteiger partial charge in [-0.05, 0) is 31.2 Å². The summed E-state index contributed by atoms with van der Waals surface area (Å²) in [6.07, 6.45) is -4.34. The van der Waals surface area contributed by atoms with Crippen molar-refractivity contribution >= 4 is 0 Å². The van der Waals surface area contributed by atoms with Crippen LogP contribution in [0.2, 0.25) is 0 Å². The van der Waals surface area contributed by atoms with Gasteiger partial charge < -0.3 is 5.73 Å². The lowest BCUT2D eigenvalue weighted by molar-refractivity contribution is -0.137. The molecular formula is C11H11F3N4. The predicted octanol–water partition coefficient (Wildman–Crippen LogP) is 2.05. The van der Waals surface area contributed by atoms with Crippen LogP contribution in [0, 0.1) is 6.92 Å². The van der Waals surface area contributed by atoms with Gasteiger partial charge in [0.15, 0.2) is 0 Å². The van der Waals surface area contributed by atoms with Gasteiger partial charge in [-0.1, -0.05) is 5.21 Å². The fourth-order valence-corrected chi connectivity index (χ4v) is 1.61. The van der Waals surface area contributed by atoms with Gasteiger partial charge >= 0.3 is 6.18 Å². The van der Waals surface area contributed by atoms with E-state index in [-0.39, 0.29) is 6.54 Å². The van der Waals surface area contributed by atoms with Crippen LogP contribution in [0.25, 0.3) is 5.69 Å². The number of rotatable bonds is 2. The van der Waals surface area contributed by atoms with E-state index in [2.05, 4.69) is 10.3 Å². The fraction of sp³-hybridized carbons (Fsp3) is 0.273. The second kappa shape index (κ2) is 4.41. The lowest BCUT2D eigenvalue weighted by Crippen LogP contribution is -2.09. The van der Waals surface area contributed by atoms with Crippen LogP contribution in [-0.4, -0.2) is 15.0 Å². The van der Waals surface area contributed by atoms with E-state index in [0.29, 0.717) is 17.1 Å². The average Bonchev–Trinajstić information content (AvgIpc) is 2.69. The first-order valence-electron chi connectivity index (χ1n) is 5.22. The van der Waals surface area contributed by atoms with Crippen molar-refractivity contribution in [3.8, 4) is 5.69 Å². The Hall–Kier alpha value is -1.89. The SMILES string of the molecule is Cc1nnn(-c2ccc(C(F)(F)F)cc2)c1CN. The molecule has 0 saturated heterocycles. The highest BCUT2D eigenvalue weighted by Crippen LogP contribution is 2.29. The number of aromatic nitrogens is 3. The molecule has 4 nitrogen and oxygen atoms in total. The third-order valence-electron chi connectivity index (χ3n) is 2.59. The summed E-state index contributed by atoms with van der Waals surface area (Å²) in [5.74, 6) is 0. The number of alkyl halides is 3. The van der Waals surface area contributed by atoms with Crippen LogP contribution in [0.5, 0.6) is 0 Å². The van der Waals surface area contributed by atoms with E-state index in [0.717, 1.165) is 12.1 Å². The van der Waals surface area contributed by atoms with E-state index in [1.54, 1.807) is 6.92 Å². The van der Waals surface area contributed by atoms with Crippen LogP contribution in [0.1, 0.15) is 17.0 Å². The lowest BCUT2D eigenvalue weighted by Gasteiger charge is -2.08. The van der Waals surface area contributed by atoms with Crippen molar-refractivity contribution in [2.75, 3.05) is 0 Å². The summed E-state index contributed by atoms with van der Waals surface area (Å²) in [7, 11) is 0. The Kier molecular flexibility index (Phi) is 3.08. The van der Waals surface area contributed by atoms with E-state index in [1.165, 1.54) is 16.8 Å². The molecule has 0 fully saturated rings. The Labute approximate surface area is 101 Å². The first kappa shape index (κ1) is 12.6. The molecule has 2 N–H and O–H groups in total. The molecule has 0 radical (unpaired) electrons. The summed E-state index contributed by atoms with van der Waals surface area (Å²) in [5, 5.41) is 7.70. The predicted molar refractivity (Wildman–Crippen MR) is 59.0 cm³/mol. The van der Waals surface area contributed by atoms with Crippen molar-refractivity contribution in [1.82, 2.24) is 15.0 Å². The molecule has 18 heavy (non-hydrogen) atoms. The molecule has 0 atom stereocenters. The maximum atomic E-state index is 12.4. The van der Waals surface area contributed by atoms with Crippen LogP contribution in [-0.2, 0) is 12.7 Å². The quantitative estimate of drug-likeness (QED) is 0.894. The van der Waals surface area contributed by atoms with Crippen molar-refractivity contribution in [2.45, 2.75) is 19.6 Å². The van der Waals surface area contributed by atoms with E-state index in [4.69, 9.17) is 5.73 Å². The van der Waals surface area contributed by atoms with Crippen LogP contribution in [0.4, 0.5) is 13.2 Å².